The van der Waals surface area contributed by atoms with Gasteiger partial charge in [0.2, 0.25) is 5.91 Å². The highest BCUT2D eigenvalue weighted by Gasteiger charge is 2.18. The van der Waals surface area contributed by atoms with Crippen molar-refractivity contribution < 1.29 is 9.53 Å². The summed E-state index contributed by atoms with van der Waals surface area (Å²) < 4.78 is 7.12. The van der Waals surface area contributed by atoms with Crippen molar-refractivity contribution in [2.45, 2.75) is 44.8 Å². The summed E-state index contributed by atoms with van der Waals surface area (Å²) in [6.45, 7) is 0.138. The smallest absolute Gasteiger partial charge is 0.277 e. The maximum atomic E-state index is 12.4. The lowest BCUT2D eigenvalue weighted by Gasteiger charge is -2.15. The van der Waals surface area contributed by atoms with E-state index in [-0.39, 0.29) is 30.5 Å². The average molecular weight is 413 g/mol. The summed E-state index contributed by atoms with van der Waals surface area (Å²) in [7, 11) is 0. The fourth-order valence-electron chi connectivity index (χ4n) is 3.46. The maximum Gasteiger partial charge on any atom is 0.277 e. The minimum Gasteiger partial charge on any atom is -0.489 e. The summed E-state index contributed by atoms with van der Waals surface area (Å²) in [6.07, 6.45) is 4.76. The highest BCUT2D eigenvalue weighted by Crippen LogP contribution is 2.31. The van der Waals surface area contributed by atoms with E-state index in [1.807, 2.05) is 0 Å². The number of hydrogen-bond donors (Lipinski definition) is 1. The van der Waals surface area contributed by atoms with Crippen LogP contribution in [0.2, 0.25) is 5.02 Å². The van der Waals surface area contributed by atoms with Crippen LogP contribution in [0.5, 0.6) is 5.75 Å². The number of carbonyl (C=O) groups excluding carboxylic acids is 1. The minimum absolute atomic E-state index is 0.0882. The number of amides is 1. The third-order valence-electron chi connectivity index (χ3n) is 4.99. The van der Waals surface area contributed by atoms with Gasteiger partial charge in [0.05, 0.1) is 23.1 Å². The molecule has 4 rings (SSSR count). The Morgan fingerprint density at radius 3 is 2.79 bits per heavy atom. The number of anilines is 1. The SMILES string of the molecule is O=C(CCn1nnc2ccccc2c1=O)Nc1ccc(OC2CCCC2)c(Cl)c1. The molecule has 1 aliphatic rings. The van der Waals surface area contributed by atoms with Crippen molar-refractivity contribution in [2.75, 3.05) is 5.32 Å². The normalized spacial score (nSPS) is 14.2. The van der Waals surface area contributed by atoms with Gasteiger partial charge < -0.3 is 10.1 Å². The van der Waals surface area contributed by atoms with Gasteiger partial charge in [-0.2, -0.15) is 0 Å². The largest absolute Gasteiger partial charge is 0.489 e. The van der Waals surface area contributed by atoms with Gasteiger partial charge in [0.15, 0.2) is 0 Å². The zero-order chi connectivity index (χ0) is 20.2. The molecular formula is C21H21ClN4O3. The van der Waals surface area contributed by atoms with Crippen LogP contribution in [0, 0.1) is 0 Å². The van der Waals surface area contributed by atoms with E-state index < -0.39 is 0 Å². The lowest BCUT2D eigenvalue weighted by atomic mass is 10.2. The van der Waals surface area contributed by atoms with Crippen molar-refractivity contribution in [3.05, 3.63) is 57.8 Å². The molecule has 0 aliphatic heterocycles. The number of rotatable bonds is 6. The molecule has 1 saturated carbocycles. The molecular weight excluding hydrogens is 392 g/mol. The van der Waals surface area contributed by atoms with Crippen LogP contribution >= 0.6 is 11.6 Å². The highest BCUT2D eigenvalue weighted by molar-refractivity contribution is 6.32. The van der Waals surface area contributed by atoms with Crippen molar-refractivity contribution in [3.8, 4) is 5.75 Å². The number of halogens is 1. The predicted octanol–water partition coefficient (Wildman–Crippen LogP) is 3.80. The van der Waals surface area contributed by atoms with Crippen LogP contribution in [0.3, 0.4) is 0 Å². The molecule has 0 unspecified atom stereocenters. The summed E-state index contributed by atoms with van der Waals surface area (Å²) in [5.41, 5.74) is 0.850. The van der Waals surface area contributed by atoms with Crippen LogP contribution in [0.4, 0.5) is 5.69 Å². The third kappa shape index (κ3) is 4.56. The van der Waals surface area contributed by atoms with E-state index in [9.17, 15) is 9.59 Å². The fourth-order valence-corrected chi connectivity index (χ4v) is 3.69. The van der Waals surface area contributed by atoms with E-state index in [4.69, 9.17) is 16.3 Å². The van der Waals surface area contributed by atoms with Gasteiger partial charge in [-0.3, -0.25) is 9.59 Å². The summed E-state index contributed by atoms with van der Waals surface area (Å²) in [4.78, 5) is 24.7. The standard InChI is InChI=1S/C21H21ClN4O3/c22-17-13-14(9-10-19(17)29-15-5-1-2-6-15)23-20(27)11-12-26-21(28)16-7-3-4-8-18(16)24-25-26/h3-4,7-10,13,15H,1-2,5-6,11-12H2,(H,23,27). The van der Waals surface area contributed by atoms with Crippen LogP contribution in [0.1, 0.15) is 32.1 Å². The number of aromatic nitrogens is 3. The molecule has 8 heteroatoms. The zero-order valence-electron chi connectivity index (χ0n) is 15.8. The van der Waals surface area contributed by atoms with Gasteiger partial charge in [-0.15, -0.1) is 5.10 Å². The first kappa shape index (κ1) is 19.4. The molecule has 1 amide bonds. The summed E-state index contributed by atoms with van der Waals surface area (Å²) in [6, 6.07) is 12.2. The van der Waals surface area contributed by atoms with Crippen molar-refractivity contribution in [2.24, 2.45) is 0 Å². The lowest BCUT2D eigenvalue weighted by molar-refractivity contribution is -0.116. The molecule has 1 fully saturated rings. The van der Waals surface area contributed by atoms with E-state index >= 15 is 0 Å². The van der Waals surface area contributed by atoms with Crippen LogP contribution in [0.15, 0.2) is 47.3 Å². The number of nitrogens with one attached hydrogen (secondary N) is 1. The summed E-state index contributed by atoms with van der Waals surface area (Å²) in [5, 5.41) is 11.6. The molecule has 1 aromatic heterocycles. The maximum absolute atomic E-state index is 12.4. The summed E-state index contributed by atoms with van der Waals surface area (Å²) >= 11 is 6.30. The zero-order valence-corrected chi connectivity index (χ0v) is 16.6. The van der Waals surface area contributed by atoms with Gasteiger partial charge in [-0.05, 0) is 56.0 Å². The molecule has 0 spiro atoms. The number of carbonyl (C=O) groups is 1. The number of nitrogens with zero attached hydrogens (tertiary/aromatic N) is 3. The molecule has 1 N–H and O–H groups in total. The molecule has 0 atom stereocenters. The van der Waals surface area contributed by atoms with Gasteiger partial charge in [-0.1, -0.05) is 28.9 Å². The Morgan fingerprint density at radius 2 is 2.00 bits per heavy atom. The Bertz CT molecular complexity index is 1090. The quantitative estimate of drug-likeness (QED) is 0.665. The fraction of sp³-hybridized carbons (Fsp3) is 0.333. The first-order valence-electron chi connectivity index (χ1n) is 9.69. The van der Waals surface area contributed by atoms with E-state index in [1.165, 1.54) is 17.5 Å². The van der Waals surface area contributed by atoms with Gasteiger partial charge in [0, 0.05) is 12.1 Å². The first-order valence-corrected chi connectivity index (χ1v) is 10.1. The number of ether oxygens (including phenoxy) is 1. The first-order chi connectivity index (χ1) is 14.1. The number of fused-ring (bicyclic) bond motifs is 1. The number of aryl methyl sites for hydroxylation is 1. The molecule has 150 valence electrons. The van der Waals surface area contributed by atoms with Gasteiger partial charge in [-0.25, -0.2) is 4.68 Å². The van der Waals surface area contributed by atoms with Gasteiger partial charge in [0.1, 0.15) is 11.3 Å². The van der Waals surface area contributed by atoms with Gasteiger partial charge in [0.25, 0.3) is 5.56 Å². The highest BCUT2D eigenvalue weighted by atomic mass is 35.5. The monoisotopic (exact) mass is 412 g/mol. The van der Waals surface area contributed by atoms with Crippen molar-refractivity contribution >= 4 is 34.1 Å². The Labute approximate surface area is 172 Å². The Morgan fingerprint density at radius 1 is 1.21 bits per heavy atom. The average Bonchev–Trinajstić information content (AvgIpc) is 3.23. The minimum atomic E-state index is -0.264. The van der Waals surface area contributed by atoms with Crippen molar-refractivity contribution in [1.82, 2.24) is 15.0 Å². The van der Waals surface area contributed by atoms with Crippen LogP contribution in [0.25, 0.3) is 10.9 Å². The second-order valence-electron chi connectivity index (χ2n) is 7.10. The molecule has 0 saturated heterocycles. The van der Waals surface area contributed by atoms with Crippen LogP contribution in [-0.4, -0.2) is 27.0 Å². The van der Waals surface area contributed by atoms with Crippen LogP contribution < -0.4 is 15.6 Å². The summed E-state index contributed by atoms with van der Waals surface area (Å²) in [5.74, 6) is 0.391. The van der Waals surface area contributed by atoms with Crippen LogP contribution in [-0.2, 0) is 11.3 Å². The Balaban J connectivity index is 1.36. The second kappa shape index (κ2) is 8.61. The molecule has 0 bridgehead atoms. The predicted molar refractivity (Wildman–Crippen MR) is 111 cm³/mol. The molecule has 1 aliphatic carbocycles. The van der Waals surface area contributed by atoms with E-state index in [0.717, 1.165) is 12.8 Å². The molecule has 2 aromatic carbocycles. The van der Waals surface area contributed by atoms with E-state index in [0.29, 0.717) is 27.4 Å². The second-order valence-corrected chi connectivity index (χ2v) is 7.51. The Hall–Kier alpha value is -2.93. The molecule has 1 heterocycles. The Kier molecular flexibility index (Phi) is 5.76. The molecule has 29 heavy (non-hydrogen) atoms. The molecule has 3 aromatic rings. The molecule has 7 nitrogen and oxygen atoms in total. The topological polar surface area (TPSA) is 86.1 Å². The van der Waals surface area contributed by atoms with Gasteiger partial charge >= 0.3 is 0 Å². The molecule has 0 radical (unpaired) electrons. The van der Waals surface area contributed by atoms with E-state index in [1.54, 1.807) is 42.5 Å². The number of hydrogen-bond acceptors (Lipinski definition) is 5. The van der Waals surface area contributed by atoms with Crippen molar-refractivity contribution in [1.29, 1.82) is 0 Å². The van der Waals surface area contributed by atoms with E-state index in [2.05, 4.69) is 15.6 Å². The third-order valence-corrected chi connectivity index (χ3v) is 5.29. The number of benzene rings is 2. The lowest BCUT2D eigenvalue weighted by Crippen LogP contribution is -2.26. The van der Waals surface area contributed by atoms with Crippen molar-refractivity contribution in [3.63, 3.8) is 0 Å².